The number of aromatic nitrogens is 1. The summed E-state index contributed by atoms with van der Waals surface area (Å²) in [4.78, 5) is 29.7. The molecule has 0 atom stereocenters. The zero-order valence-corrected chi connectivity index (χ0v) is 13.8. The van der Waals surface area contributed by atoms with E-state index < -0.39 is 0 Å². The number of carbonyl (C=O) groups excluding carboxylic acids is 2. The summed E-state index contributed by atoms with van der Waals surface area (Å²) in [5, 5.41) is 5.04. The van der Waals surface area contributed by atoms with Gasteiger partial charge in [-0.15, -0.1) is 0 Å². The fourth-order valence-electron chi connectivity index (χ4n) is 3.00. The van der Waals surface area contributed by atoms with Gasteiger partial charge in [0.15, 0.2) is 0 Å². The molecule has 2 N–H and O–H groups in total. The van der Waals surface area contributed by atoms with Crippen LogP contribution in [0, 0.1) is 5.92 Å². The molecular formula is C17H26N4O2. The molecule has 3 amide bonds. The van der Waals surface area contributed by atoms with Crippen LogP contribution in [-0.4, -0.2) is 42.0 Å². The lowest BCUT2D eigenvalue weighted by molar-refractivity contribution is -0.131. The van der Waals surface area contributed by atoms with E-state index in [1.54, 1.807) is 12.4 Å². The second-order valence-corrected chi connectivity index (χ2v) is 6.07. The Morgan fingerprint density at radius 1 is 1.22 bits per heavy atom. The summed E-state index contributed by atoms with van der Waals surface area (Å²) < 4.78 is 0. The van der Waals surface area contributed by atoms with Crippen LogP contribution in [0.4, 0.5) is 4.79 Å². The fraction of sp³-hybridized carbons (Fsp3) is 0.588. The quantitative estimate of drug-likeness (QED) is 0.841. The third-order valence-electron chi connectivity index (χ3n) is 4.31. The number of carbonyl (C=O) groups is 2. The normalized spacial score (nSPS) is 15.0. The van der Waals surface area contributed by atoms with Crippen molar-refractivity contribution in [3.63, 3.8) is 0 Å². The first kappa shape index (κ1) is 17.2. The first-order valence-electron chi connectivity index (χ1n) is 8.31. The van der Waals surface area contributed by atoms with E-state index in [-0.39, 0.29) is 18.5 Å². The summed E-state index contributed by atoms with van der Waals surface area (Å²) in [6.07, 6.45) is 9.64. The summed E-state index contributed by atoms with van der Waals surface area (Å²) in [5.74, 6) is 0.519. The summed E-state index contributed by atoms with van der Waals surface area (Å²) >= 11 is 0. The van der Waals surface area contributed by atoms with E-state index in [0.29, 0.717) is 12.5 Å². The molecule has 1 aromatic rings. The van der Waals surface area contributed by atoms with Gasteiger partial charge in [0.2, 0.25) is 5.91 Å². The lowest BCUT2D eigenvalue weighted by Gasteiger charge is -2.30. The number of nitrogens with one attached hydrogen (secondary N) is 2. The Bertz CT molecular complexity index is 501. The highest BCUT2D eigenvalue weighted by molar-refractivity contribution is 5.83. The van der Waals surface area contributed by atoms with Gasteiger partial charge in [-0.2, -0.15) is 0 Å². The van der Waals surface area contributed by atoms with Crippen LogP contribution in [0.15, 0.2) is 24.5 Å². The topological polar surface area (TPSA) is 74.3 Å². The molecule has 2 rings (SSSR count). The summed E-state index contributed by atoms with van der Waals surface area (Å²) in [5.41, 5.74) is 1.06. The minimum atomic E-state index is -0.333. The van der Waals surface area contributed by atoms with Gasteiger partial charge in [0.05, 0.1) is 6.54 Å². The first-order valence-corrected chi connectivity index (χ1v) is 8.31. The Labute approximate surface area is 137 Å². The van der Waals surface area contributed by atoms with Crippen molar-refractivity contribution < 1.29 is 9.59 Å². The number of nitrogens with zero attached hydrogens (tertiary/aromatic N) is 2. The van der Waals surface area contributed by atoms with Crippen LogP contribution < -0.4 is 10.6 Å². The van der Waals surface area contributed by atoms with Gasteiger partial charge in [-0.1, -0.05) is 19.3 Å². The number of hydrogen-bond acceptors (Lipinski definition) is 3. The predicted molar refractivity (Wildman–Crippen MR) is 88.7 cm³/mol. The van der Waals surface area contributed by atoms with Gasteiger partial charge < -0.3 is 15.5 Å². The average molecular weight is 318 g/mol. The molecule has 0 spiro atoms. The average Bonchev–Trinajstić information content (AvgIpc) is 2.60. The minimum absolute atomic E-state index is 0.0253. The monoisotopic (exact) mass is 318 g/mol. The highest BCUT2D eigenvalue weighted by Gasteiger charge is 2.21. The van der Waals surface area contributed by atoms with Crippen LogP contribution in [0.1, 0.15) is 37.7 Å². The number of rotatable bonds is 6. The Hall–Kier alpha value is -2.11. The van der Waals surface area contributed by atoms with Crippen molar-refractivity contribution in [3.05, 3.63) is 30.1 Å². The molecule has 6 heteroatoms. The molecule has 0 unspecified atom stereocenters. The van der Waals surface area contributed by atoms with Gasteiger partial charge in [-0.05, 0) is 36.5 Å². The molecule has 0 aromatic carbocycles. The lowest BCUT2D eigenvalue weighted by Crippen LogP contribution is -2.44. The standard InChI is InChI=1S/C17H26N4O2/c1-18-17(23)20-11-16(22)21(12-14-5-3-2-4-6-14)13-15-7-9-19-10-8-15/h7-10,14H,2-6,11-13H2,1H3,(H2,18,20,23). The van der Waals surface area contributed by atoms with E-state index in [2.05, 4.69) is 15.6 Å². The summed E-state index contributed by atoms with van der Waals surface area (Å²) in [7, 11) is 1.54. The largest absolute Gasteiger partial charge is 0.341 e. The van der Waals surface area contributed by atoms with Crippen LogP contribution in [0.25, 0.3) is 0 Å². The number of hydrogen-bond donors (Lipinski definition) is 2. The van der Waals surface area contributed by atoms with Gasteiger partial charge in [-0.3, -0.25) is 9.78 Å². The highest BCUT2D eigenvalue weighted by atomic mass is 16.2. The summed E-state index contributed by atoms with van der Waals surface area (Å²) in [6.45, 7) is 1.35. The second kappa shape index (κ2) is 9.12. The summed E-state index contributed by atoms with van der Waals surface area (Å²) in [6, 6.07) is 3.51. The molecule has 1 fully saturated rings. The van der Waals surface area contributed by atoms with E-state index in [1.807, 2.05) is 17.0 Å². The molecule has 0 aliphatic heterocycles. The van der Waals surface area contributed by atoms with Crippen molar-refractivity contribution in [3.8, 4) is 0 Å². The number of urea groups is 1. The lowest BCUT2D eigenvalue weighted by atomic mass is 9.89. The molecular weight excluding hydrogens is 292 g/mol. The molecule has 6 nitrogen and oxygen atoms in total. The van der Waals surface area contributed by atoms with Gasteiger partial charge in [-0.25, -0.2) is 4.79 Å². The molecule has 23 heavy (non-hydrogen) atoms. The van der Waals surface area contributed by atoms with E-state index in [9.17, 15) is 9.59 Å². The van der Waals surface area contributed by atoms with Gasteiger partial charge in [0.1, 0.15) is 0 Å². The van der Waals surface area contributed by atoms with E-state index in [0.717, 1.165) is 12.1 Å². The maximum absolute atomic E-state index is 12.5. The van der Waals surface area contributed by atoms with Crippen molar-refractivity contribution in [2.75, 3.05) is 20.1 Å². The molecule has 0 radical (unpaired) electrons. The van der Waals surface area contributed by atoms with E-state index in [1.165, 1.54) is 39.2 Å². The first-order chi connectivity index (χ1) is 11.2. The van der Waals surface area contributed by atoms with Crippen molar-refractivity contribution in [2.45, 2.75) is 38.6 Å². The van der Waals surface area contributed by atoms with Crippen LogP contribution >= 0.6 is 0 Å². The molecule has 1 aliphatic carbocycles. The number of pyridine rings is 1. The zero-order chi connectivity index (χ0) is 16.5. The SMILES string of the molecule is CNC(=O)NCC(=O)N(Cc1ccncc1)CC1CCCCC1. The number of amides is 3. The van der Waals surface area contributed by atoms with Gasteiger partial charge in [0, 0.05) is 32.5 Å². The fourth-order valence-corrected chi connectivity index (χ4v) is 3.00. The molecule has 0 bridgehead atoms. The minimum Gasteiger partial charge on any atom is -0.341 e. The van der Waals surface area contributed by atoms with Crippen LogP contribution in [0.3, 0.4) is 0 Å². The van der Waals surface area contributed by atoms with Crippen LogP contribution in [0.2, 0.25) is 0 Å². The van der Waals surface area contributed by atoms with Crippen LogP contribution in [-0.2, 0) is 11.3 Å². The Kier molecular flexibility index (Phi) is 6.84. The van der Waals surface area contributed by atoms with Gasteiger partial charge >= 0.3 is 6.03 Å². The Balaban J connectivity index is 1.97. The Morgan fingerprint density at radius 2 is 1.91 bits per heavy atom. The van der Waals surface area contributed by atoms with Gasteiger partial charge in [0.25, 0.3) is 0 Å². The van der Waals surface area contributed by atoms with E-state index >= 15 is 0 Å². The van der Waals surface area contributed by atoms with Crippen molar-refractivity contribution in [2.24, 2.45) is 5.92 Å². The highest BCUT2D eigenvalue weighted by Crippen LogP contribution is 2.25. The molecule has 0 saturated heterocycles. The third-order valence-corrected chi connectivity index (χ3v) is 4.31. The third kappa shape index (κ3) is 5.88. The molecule has 1 saturated carbocycles. The molecule has 1 aliphatic rings. The van der Waals surface area contributed by atoms with E-state index in [4.69, 9.17) is 0 Å². The molecule has 1 aromatic heterocycles. The smallest absolute Gasteiger partial charge is 0.314 e. The van der Waals surface area contributed by atoms with Crippen molar-refractivity contribution in [1.82, 2.24) is 20.5 Å². The maximum atomic E-state index is 12.5. The van der Waals surface area contributed by atoms with Crippen LogP contribution in [0.5, 0.6) is 0 Å². The second-order valence-electron chi connectivity index (χ2n) is 6.07. The molecule has 126 valence electrons. The Morgan fingerprint density at radius 3 is 2.57 bits per heavy atom. The zero-order valence-electron chi connectivity index (χ0n) is 13.8. The van der Waals surface area contributed by atoms with Crippen molar-refractivity contribution >= 4 is 11.9 Å². The maximum Gasteiger partial charge on any atom is 0.314 e. The molecule has 1 heterocycles. The van der Waals surface area contributed by atoms with Crippen molar-refractivity contribution in [1.29, 1.82) is 0 Å². The predicted octanol–water partition coefficient (Wildman–Crippen LogP) is 1.92.